The maximum Gasteiger partial charge on any atom is 0.165 e. The fourth-order valence-corrected chi connectivity index (χ4v) is 4.11. The molecule has 1 aliphatic rings. The van der Waals surface area contributed by atoms with E-state index in [1.807, 2.05) is 17.8 Å². The summed E-state index contributed by atoms with van der Waals surface area (Å²) >= 11 is 2.04. The second kappa shape index (κ2) is 7.32. The SMILES string of the molecule is CCSC1CCCC1NC(C)c1ccc(OC)c(F)c1. The first-order valence-electron chi connectivity index (χ1n) is 7.36. The number of rotatable bonds is 6. The average molecular weight is 297 g/mol. The van der Waals surface area contributed by atoms with E-state index in [-0.39, 0.29) is 11.9 Å². The highest BCUT2D eigenvalue weighted by molar-refractivity contribution is 7.99. The van der Waals surface area contributed by atoms with Crippen molar-refractivity contribution in [2.24, 2.45) is 0 Å². The summed E-state index contributed by atoms with van der Waals surface area (Å²) in [4.78, 5) is 0. The summed E-state index contributed by atoms with van der Waals surface area (Å²) in [5.41, 5.74) is 0.982. The van der Waals surface area contributed by atoms with Gasteiger partial charge < -0.3 is 10.1 Å². The first-order chi connectivity index (χ1) is 9.65. The van der Waals surface area contributed by atoms with Gasteiger partial charge in [-0.1, -0.05) is 19.4 Å². The van der Waals surface area contributed by atoms with Crippen LogP contribution >= 0.6 is 11.8 Å². The van der Waals surface area contributed by atoms with Crippen LogP contribution in [0.5, 0.6) is 5.75 Å². The highest BCUT2D eigenvalue weighted by atomic mass is 32.2. The van der Waals surface area contributed by atoms with Gasteiger partial charge in [0.25, 0.3) is 0 Å². The Labute approximate surface area is 125 Å². The Balaban J connectivity index is 2.00. The minimum atomic E-state index is -0.287. The molecule has 0 bridgehead atoms. The molecule has 1 N–H and O–H groups in total. The molecule has 0 aromatic heterocycles. The van der Waals surface area contributed by atoms with Crippen LogP contribution in [0.3, 0.4) is 0 Å². The third kappa shape index (κ3) is 3.67. The van der Waals surface area contributed by atoms with Crippen LogP contribution in [0.1, 0.15) is 44.7 Å². The number of hydrogen-bond donors (Lipinski definition) is 1. The van der Waals surface area contributed by atoms with Crippen LogP contribution in [-0.4, -0.2) is 24.2 Å². The van der Waals surface area contributed by atoms with Crippen LogP contribution in [0.4, 0.5) is 4.39 Å². The molecule has 4 heteroatoms. The van der Waals surface area contributed by atoms with Crippen molar-refractivity contribution < 1.29 is 9.13 Å². The van der Waals surface area contributed by atoms with Crippen LogP contribution in [0, 0.1) is 5.82 Å². The lowest BCUT2D eigenvalue weighted by atomic mass is 10.1. The molecule has 1 aromatic rings. The predicted octanol–water partition coefficient (Wildman–Crippen LogP) is 4.16. The lowest BCUT2D eigenvalue weighted by molar-refractivity contribution is 0.385. The Morgan fingerprint density at radius 1 is 1.45 bits per heavy atom. The quantitative estimate of drug-likeness (QED) is 0.852. The number of thioether (sulfide) groups is 1. The standard InChI is InChI=1S/C16H24FNOS/c1-4-20-16-7-5-6-14(16)18-11(2)12-8-9-15(19-3)13(17)10-12/h8-11,14,16,18H,4-7H2,1-3H3. The summed E-state index contributed by atoms with van der Waals surface area (Å²) < 4.78 is 18.7. The lowest BCUT2D eigenvalue weighted by Crippen LogP contribution is -2.36. The third-order valence-electron chi connectivity index (χ3n) is 3.97. The van der Waals surface area contributed by atoms with Crippen LogP contribution < -0.4 is 10.1 Å². The van der Waals surface area contributed by atoms with E-state index in [4.69, 9.17) is 4.74 Å². The molecular weight excluding hydrogens is 273 g/mol. The Morgan fingerprint density at radius 2 is 2.25 bits per heavy atom. The summed E-state index contributed by atoms with van der Waals surface area (Å²) in [7, 11) is 1.49. The summed E-state index contributed by atoms with van der Waals surface area (Å²) in [5.74, 6) is 1.18. The van der Waals surface area contributed by atoms with Gasteiger partial charge in [-0.25, -0.2) is 4.39 Å². The van der Waals surface area contributed by atoms with Crippen molar-refractivity contribution in [3.63, 3.8) is 0 Å². The second-order valence-electron chi connectivity index (χ2n) is 5.31. The van der Waals surface area contributed by atoms with Gasteiger partial charge in [-0.2, -0.15) is 11.8 Å². The van der Waals surface area contributed by atoms with Gasteiger partial charge >= 0.3 is 0 Å². The second-order valence-corrected chi connectivity index (χ2v) is 6.83. The molecule has 1 saturated carbocycles. The van der Waals surface area contributed by atoms with Crippen molar-refractivity contribution in [3.8, 4) is 5.75 Å². The number of halogens is 1. The molecule has 0 radical (unpaired) electrons. The zero-order valence-electron chi connectivity index (χ0n) is 12.5. The topological polar surface area (TPSA) is 21.3 Å². The van der Waals surface area contributed by atoms with Gasteiger partial charge in [0.15, 0.2) is 11.6 Å². The van der Waals surface area contributed by atoms with E-state index in [1.165, 1.54) is 26.4 Å². The molecule has 0 spiro atoms. The molecule has 1 aromatic carbocycles. The smallest absolute Gasteiger partial charge is 0.165 e. The highest BCUT2D eigenvalue weighted by Crippen LogP contribution is 2.32. The third-order valence-corrected chi connectivity index (χ3v) is 5.30. The summed E-state index contributed by atoms with van der Waals surface area (Å²) in [6, 6.07) is 5.93. The summed E-state index contributed by atoms with van der Waals surface area (Å²) in [6.45, 7) is 4.32. The average Bonchev–Trinajstić information content (AvgIpc) is 2.86. The number of nitrogens with one attached hydrogen (secondary N) is 1. The van der Waals surface area contributed by atoms with E-state index < -0.39 is 0 Å². The number of benzene rings is 1. The molecule has 0 amide bonds. The molecular formula is C16H24FNOS. The summed E-state index contributed by atoms with van der Waals surface area (Å²) in [5, 5.41) is 4.37. The molecule has 1 aliphatic carbocycles. The van der Waals surface area contributed by atoms with E-state index in [1.54, 1.807) is 12.1 Å². The van der Waals surface area contributed by atoms with Crippen LogP contribution in [0.2, 0.25) is 0 Å². The first-order valence-corrected chi connectivity index (χ1v) is 8.41. The zero-order chi connectivity index (χ0) is 14.5. The van der Waals surface area contributed by atoms with Crippen molar-refractivity contribution in [1.82, 2.24) is 5.32 Å². The van der Waals surface area contributed by atoms with E-state index in [9.17, 15) is 4.39 Å². The van der Waals surface area contributed by atoms with Gasteiger partial charge in [-0.15, -0.1) is 0 Å². The van der Waals surface area contributed by atoms with Gasteiger partial charge in [0.1, 0.15) is 0 Å². The minimum absolute atomic E-state index is 0.165. The van der Waals surface area contributed by atoms with Gasteiger partial charge in [0, 0.05) is 17.3 Å². The highest BCUT2D eigenvalue weighted by Gasteiger charge is 2.28. The lowest BCUT2D eigenvalue weighted by Gasteiger charge is -2.25. The Kier molecular flexibility index (Phi) is 5.73. The molecule has 3 unspecified atom stereocenters. The number of ether oxygens (including phenoxy) is 1. The number of methoxy groups -OCH3 is 1. The Hall–Kier alpha value is -0.740. The maximum atomic E-state index is 13.8. The molecule has 20 heavy (non-hydrogen) atoms. The van der Waals surface area contributed by atoms with Crippen molar-refractivity contribution in [3.05, 3.63) is 29.6 Å². The Bertz CT molecular complexity index is 440. The van der Waals surface area contributed by atoms with Crippen LogP contribution in [0.25, 0.3) is 0 Å². The summed E-state index contributed by atoms with van der Waals surface area (Å²) in [6.07, 6.45) is 3.81. The first kappa shape index (κ1) is 15.6. The van der Waals surface area contributed by atoms with Crippen LogP contribution in [0.15, 0.2) is 18.2 Å². The van der Waals surface area contributed by atoms with E-state index in [0.717, 1.165) is 11.3 Å². The van der Waals surface area contributed by atoms with Crippen molar-refractivity contribution >= 4 is 11.8 Å². The predicted molar refractivity (Wildman–Crippen MR) is 84.1 cm³/mol. The van der Waals surface area contributed by atoms with Gasteiger partial charge in [0.2, 0.25) is 0 Å². The largest absolute Gasteiger partial charge is 0.494 e. The van der Waals surface area contributed by atoms with Crippen LogP contribution in [-0.2, 0) is 0 Å². The zero-order valence-corrected chi connectivity index (χ0v) is 13.3. The van der Waals surface area contributed by atoms with E-state index >= 15 is 0 Å². The molecule has 2 nitrogen and oxygen atoms in total. The molecule has 1 fully saturated rings. The molecule has 3 atom stereocenters. The Morgan fingerprint density at radius 3 is 2.90 bits per heavy atom. The number of hydrogen-bond acceptors (Lipinski definition) is 3. The molecule has 0 aliphatic heterocycles. The molecule has 112 valence electrons. The van der Waals surface area contributed by atoms with Gasteiger partial charge in [0.05, 0.1) is 7.11 Å². The van der Waals surface area contributed by atoms with Gasteiger partial charge in [-0.3, -0.25) is 0 Å². The van der Waals surface area contributed by atoms with Crippen molar-refractivity contribution in [2.45, 2.75) is 50.4 Å². The molecule has 0 heterocycles. The van der Waals surface area contributed by atoms with Crippen molar-refractivity contribution in [1.29, 1.82) is 0 Å². The monoisotopic (exact) mass is 297 g/mol. The molecule has 2 rings (SSSR count). The normalized spacial score (nSPS) is 23.8. The van der Waals surface area contributed by atoms with Gasteiger partial charge in [-0.05, 0) is 43.2 Å². The van der Waals surface area contributed by atoms with Crippen molar-refractivity contribution in [2.75, 3.05) is 12.9 Å². The molecule has 0 saturated heterocycles. The van der Waals surface area contributed by atoms with E-state index in [0.29, 0.717) is 17.0 Å². The fourth-order valence-electron chi connectivity index (χ4n) is 2.90. The minimum Gasteiger partial charge on any atom is -0.494 e. The fraction of sp³-hybridized carbons (Fsp3) is 0.625. The van der Waals surface area contributed by atoms with E-state index in [2.05, 4.69) is 19.2 Å². The maximum absolute atomic E-state index is 13.8.